The molecule has 2 heterocycles. The van der Waals surface area contributed by atoms with E-state index in [9.17, 15) is 4.79 Å². The summed E-state index contributed by atoms with van der Waals surface area (Å²) in [6.07, 6.45) is 1.72. The van der Waals surface area contributed by atoms with E-state index in [0.29, 0.717) is 11.4 Å². The number of aromatic amines is 1. The lowest BCUT2D eigenvalue weighted by atomic mass is 10.2. The number of hydrogen-bond acceptors (Lipinski definition) is 4. The number of thiophene rings is 1. The summed E-state index contributed by atoms with van der Waals surface area (Å²) in [5.74, 6) is -0.449. The van der Waals surface area contributed by atoms with Crippen LogP contribution in [0.2, 0.25) is 0 Å². The molecule has 5 heteroatoms. The third kappa shape index (κ3) is 1.61. The first-order valence-corrected chi connectivity index (χ1v) is 5.21. The van der Waals surface area contributed by atoms with Crippen LogP contribution in [0.3, 0.4) is 0 Å². The molecule has 0 fully saturated rings. The summed E-state index contributed by atoms with van der Waals surface area (Å²) in [6, 6.07) is 3.88. The van der Waals surface area contributed by atoms with Crippen LogP contribution in [0.4, 0.5) is 5.69 Å². The molecule has 0 saturated carbocycles. The van der Waals surface area contributed by atoms with Gasteiger partial charge in [0.25, 0.3) is 0 Å². The van der Waals surface area contributed by atoms with Crippen molar-refractivity contribution < 1.29 is 9.53 Å². The highest BCUT2D eigenvalue weighted by atomic mass is 32.1. The summed E-state index contributed by atoms with van der Waals surface area (Å²) < 4.78 is 4.60. The predicted octanol–water partition coefficient (Wildman–Crippen LogP) is 2.11. The number of nitrogens with two attached hydrogens (primary N) is 1. The van der Waals surface area contributed by atoms with Crippen molar-refractivity contribution in [3.63, 3.8) is 0 Å². The van der Waals surface area contributed by atoms with Gasteiger partial charge in [0.2, 0.25) is 0 Å². The molecule has 2 aromatic rings. The molecular formula is C10H10N2O2S. The Morgan fingerprint density at radius 2 is 2.40 bits per heavy atom. The predicted molar refractivity (Wildman–Crippen MR) is 59.9 cm³/mol. The molecule has 0 bridgehead atoms. The molecular weight excluding hydrogens is 212 g/mol. The molecule has 0 aliphatic rings. The van der Waals surface area contributed by atoms with Crippen molar-refractivity contribution >= 4 is 23.0 Å². The number of carbonyl (C=O) groups excluding carboxylic acids is 1. The summed E-state index contributed by atoms with van der Waals surface area (Å²) >= 11 is 1.57. The Bertz CT molecular complexity index is 474. The number of nitrogen functional groups attached to an aromatic ring is 1. The van der Waals surface area contributed by atoms with Crippen LogP contribution in [0.25, 0.3) is 10.4 Å². The number of nitrogens with one attached hydrogen (secondary N) is 1. The standard InChI is InChI=1S/C10H10N2O2S/c1-14-10(13)9-8(11)6(5-12-9)7-3-2-4-15-7/h2-5,12H,11H2,1H3. The van der Waals surface area contributed by atoms with Crippen LogP contribution in [0.5, 0.6) is 0 Å². The molecule has 78 valence electrons. The average Bonchev–Trinajstić information content (AvgIpc) is 2.85. The number of H-pyrrole nitrogens is 1. The van der Waals surface area contributed by atoms with E-state index in [2.05, 4.69) is 9.72 Å². The molecule has 0 spiro atoms. The highest BCUT2D eigenvalue weighted by molar-refractivity contribution is 7.13. The van der Waals surface area contributed by atoms with Gasteiger partial charge in [0.1, 0.15) is 5.69 Å². The van der Waals surface area contributed by atoms with E-state index < -0.39 is 5.97 Å². The van der Waals surface area contributed by atoms with Gasteiger partial charge in [0, 0.05) is 16.6 Å². The van der Waals surface area contributed by atoms with Crippen molar-refractivity contribution in [2.45, 2.75) is 0 Å². The second kappa shape index (κ2) is 3.78. The second-order valence-corrected chi connectivity index (χ2v) is 3.91. The number of anilines is 1. The zero-order chi connectivity index (χ0) is 10.8. The fraction of sp³-hybridized carbons (Fsp3) is 0.100. The minimum atomic E-state index is -0.449. The van der Waals surface area contributed by atoms with Gasteiger partial charge in [0.15, 0.2) is 0 Å². The van der Waals surface area contributed by atoms with Gasteiger partial charge in [0.05, 0.1) is 12.8 Å². The number of methoxy groups -OCH3 is 1. The van der Waals surface area contributed by atoms with Crippen LogP contribution >= 0.6 is 11.3 Å². The molecule has 2 rings (SSSR count). The number of rotatable bonds is 2. The molecule has 15 heavy (non-hydrogen) atoms. The molecule has 0 atom stereocenters. The smallest absolute Gasteiger partial charge is 0.356 e. The normalized spacial score (nSPS) is 10.2. The molecule has 0 aromatic carbocycles. The Kier molecular flexibility index (Phi) is 2.47. The van der Waals surface area contributed by atoms with Crippen molar-refractivity contribution in [1.82, 2.24) is 4.98 Å². The van der Waals surface area contributed by atoms with Gasteiger partial charge in [-0.2, -0.15) is 0 Å². The summed E-state index contributed by atoms with van der Waals surface area (Å²) in [5.41, 5.74) is 7.42. The van der Waals surface area contributed by atoms with E-state index in [0.717, 1.165) is 10.4 Å². The third-order valence-corrected chi connectivity index (χ3v) is 3.00. The van der Waals surface area contributed by atoms with Crippen LogP contribution < -0.4 is 5.73 Å². The summed E-state index contributed by atoms with van der Waals surface area (Å²) in [7, 11) is 1.33. The lowest BCUT2D eigenvalue weighted by Crippen LogP contribution is -2.04. The Hall–Kier alpha value is -1.75. The Morgan fingerprint density at radius 3 is 3.00 bits per heavy atom. The first-order chi connectivity index (χ1) is 7.24. The number of esters is 1. The third-order valence-electron chi connectivity index (χ3n) is 2.10. The monoisotopic (exact) mass is 222 g/mol. The van der Waals surface area contributed by atoms with Gasteiger partial charge < -0.3 is 15.5 Å². The lowest BCUT2D eigenvalue weighted by molar-refractivity contribution is 0.0596. The van der Waals surface area contributed by atoms with Crippen molar-refractivity contribution in [2.24, 2.45) is 0 Å². The highest BCUT2D eigenvalue weighted by Crippen LogP contribution is 2.31. The first kappa shape index (κ1) is 9.79. The fourth-order valence-corrected chi connectivity index (χ4v) is 2.10. The summed E-state index contributed by atoms with van der Waals surface area (Å²) in [5, 5.41) is 1.96. The molecule has 0 aliphatic heterocycles. The quantitative estimate of drug-likeness (QED) is 0.765. The van der Waals surface area contributed by atoms with Crippen LogP contribution in [0, 0.1) is 0 Å². The molecule has 2 aromatic heterocycles. The lowest BCUT2D eigenvalue weighted by Gasteiger charge is -1.98. The van der Waals surface area contributed by atoms with Gasteiger partial charge in [-0.3, -0.25) is 0 Å². The Morgan fingerprint density at radius 1 is 1.60 bits per heavy atom. The minimum absolute atomic E-state index is 0.306. The first-order valence-electron chi connectivity index (χ1n) is 4.33. The van der Waals surface area contributed by atoms with Gasteiger partial charge in [-0.25, -0.2) is 4.79 Å². The molecule has 0 radical (unpaired) electrons. The molecule has 0 amide bonds. The van der Waals surface area contributed by atoms with E-state index in [1.807, 2.05) is 17.5 Å². The van der Waals surface area contributed by atoms with Gasteiger partial charge >= 0.3 is 5.97 Å². The maximum atomic E-state index is 11.3. The van der Waals surface area contributed by atoms with Crippen LogP contribution in [-0.2, 0) is 4.74 Å². The van der Waals surface area contributed by atoms with E-state index in [1.54, 1.807) is 17.5 Å². The molecule has 0 saturated heterocycles. The Labute approximate surface area is 90.7 Å². The van der Waals surface area contributed by atoms with Crippen molar-refractivity contribution in [1.29, 1.82) is 0 Å². The Balaban J connectivity index is 2.45. The maximum Gasteiger partial charge on any atom is 0.356 e. The largest absolute Gasteiger partial charge is 0.464 e. The van der Waals surface area contributed by atoms with E-state index in [4.69, 9.17) is 5.73 Å². The SMILES string of the molecule is COC(=O)c1[nH]cc(-c2cccs2)c1N. The van der Waals surface area contributed by atoms with Crippen LogP contribution in [0.1, 0.15) is 10.5 Å². The zero-order valence-corrected chi connectivity index (χ0v) is 8.93. The van der Waals surface area contributed by atoms with E-state index in [-0.39, 0.29) is 0 Å². The summed E-state index contributed by atoms with van der Waals surface area (Å²) in [4.78, 5) is 15.1. The van der Waals surface area contributed by atoms with E-state index >= 15 is 0 Å². The molecule has 0 unspecified atom stereocenters. The van der Waals surface area contributed by atoms with Gasteiger partial charge in [-0.05, 0) is 11.4 Å². The second-order valence-electron chi connectivity index (χ2n) is 2.96. The maximum absolute atomic E-state index is 11.3. The molecule has 0 aliphatic carbocycles. The van der Waals surface area contributed by atoms with Crippen LogP contribution in [-0.4, -0.2) is 18.1 Å². The van der Waals surface area contributed by atoms with Crippen molar-refractivity contribution in [3.05, 3.63) is 29.4 Å². The minimum Gasteiger partial charge on any atom is -0.464 e. The summed E-state index contributed by atoms with van der Waals surface area (Å²) in [6.45, 7) is 0. The highest BCUT2D eigenvalue weighted by Gasteiger charge is 2.16. The molecule has 3 N–H and O–H groups in total. The fourth-order valence-electron chi connectivity index (χ4n) is 1.34. The topological polar surface area (TPSA) is 68.1 Å². The number of aromatic nitrogens is 1. The number of hydrogen-bond donors (Lipinski definition) is 2. The average molecular weight is 222 g/mol. The van der Waals surface area contributed by atoms with Crippen molar-refractivity contribution in [3.8, 4) is 10.4 Å². The van der Waals surface area contributed by atoms with E-state index in [1.165, 1.54) is 7.11 Å². The zero-order valence-electron chi connectivity index (χ0n) is 8.11. The van der Waals surface area contributed by atoms with Crippen LogP contribution in [0.15, 0.2) is 23.7 Å². The number of ether oxygens (including phenoxy) is 1. The molecule has 4 nitrogen and oxygen atoms in total. The number of carbonyl (C=O) groups is 1. The van der Waals surface area contributed by atoms with Gasteiger partial charge in [-0.1, -0.05) is 6.07 Å². The van der Waals surface area contributed by atoms with Crippen molar-refractivity contribution in [2.75, 3.05) is 12.8 Å². The van der Waals surface area contributed by atoms with Gasteiger partial charge in [-0.15, -0.1) is 11.3 Å².